The molecule has 1 fully saturated rings. The van der Waals surface area contributed by atoms with E-state index in [-0.39, 0.29) is 11.0 Å². The molecule has 0 spiro atoms. The molecule has 0 atom stereocenters. The zero-order valence-electron chi connectivity index (χ0n) is 18.7. The molecule has 0 aliphatic heterocycles. The number of primary amides is 1. The van der Waals surface area contributed by atoms with Crippen molar-refractivity contribution in [3.05, 3.63) is 72.6 Å². The van der Waals surface area contributed by atoms with Crippen LogP contribution in [-0.2, 0) is 5.54 Å². The average Bonchev–Trinajstić information content (AvgIpc) is 2.78. The Bertz CT molecular complexity index is 1050. The van der Waals surface area contributed by atoms with E-state index in [1.807, 2.05) is 30.5 Å². The van der Waals surface area contributed by atoms with Crippen molar-refractivity contribution in [1.82, 2.24) is 9.88 Å². The van der Waals surface area contributed by atoms with Gasteiger partial charge in [0.2, 0.25) is 0 Å². The van der Waals surface area contributed by atoms with Crippen LogP contribution >= 0.6 is 0 Å². The molecule has 1 aliphatic rings. The molecule has 0 radical (unpaired) electrons. The lowest BCUT2D eigenvalue weighted by molar-refractivity contribution is 0.0459. The van der Waals surface area contributed by atoms with Crippen LogP contribution in [0.1, 0.15) is 38.2 Å². The minimum absolute atomic E-state index is 0.0136. The molecule has 5 heteroatoms. The van der Waals surface area contributed by atoms with Crippen LogP contribution in [0.3, 0.4) is 0 Å². The number of carbonyl (C=O) groups is 1. The largest absolute Gasteiger partial charge is 0.351 e. The van der Waals surface area contributed by atoms with Gasteiger partial charge in [-0.1, -0.05) is 61.5 Å². The van der Waals surface area contributed by atoms with Gasteiger partial charge in [-0.3, -0.25) is 14.8 Å². The van der Waals surface area contributed by atoms with Crippen LogP contribution in [0.4, 0.5) is 10.5 Å². The number of urea groups is 1. The molecule has 4 rings (SSSR count). The Morgan fingerprint density at radius 1 is 0.968 bits per heavy atom. The van der Waals surface area contributed by atoms with E-state index in [1.165, 1.54) is 5.56 Å². The van der Waals surface area contributed by atoms with Gasteiger partial charge < -0.3 is 5.73 Å². The van der Waals surface area contributed by atoms with Crippen molar-refractivity contribution in [2.75, 3.05) is 25.5 Å². The maximum Gasteiger partial charge on any atom is 0.319 e. The number of aromatic nitrogens is 1. The number of hydrogen-bond donors (Lipinski definition) is 1. The van der Waals surface area contributed by atoms with Crippen LogP contribution < -0.4 is 10.6 Å². The number of hydrogen-bond acceptors (Lipinski definition) is 3. The second kappa shape index (κ2) is 8.31. The minimum Gasteiger partial charge on any atom is -0.351 e. The summed E-state index contributed by atoms with van der Waals surface area (Å²) in [6.07, 6.45) is 7.70. The summed E-state index contributed by atoms with van der Waals surface area (Å²) in [6.45, 7) is 2.88. The number of rotatable bonds is 5. The van der Waals surface area contributed by atoms with E-state index in [9.17, 15) is 4.79 Å². The first-order valence-corrected chi connectivity index (χ1v) is 11.0. The molecule has 5 nitrogen and oxygen atoms in total. The molecule has 3 aromatic rings. The van der Waals surface area contributed by atoms with Gasteiger partial charge in [0.05, 0.1) is 11.9 Å². The molecular weight excluding hydrogens is 384 g/mol. The second-order valence-corrected chi connectivity index (χ2v) is 9.41. The molecular formula is C26H32N4O. The number of anilines is 1. The Balaban J connectivity index is 1.60. The van der Waals surface area contributed by atoms with Crippen LogP contribution in [0.25, 0.3) is 10.8 Å². The quantitative estimate of drug-likeness (QED) is 0.625. The van der Waals surface area contributed by atoms with Gasteiger partial charge in [-0.15, -0.1) is 0 Å². The Morgan fingerprint density at radius 2 is 1.61 bits per heavy atom. The highest BCUT2D eigenvalue weighted by Gasteiger charge is 2.44. The zero-order chi connectivity index (χ0) is 22.1. The first-order chi connectivity index (χ1) is 14.8. The van der Waals surface area contributed by atoms with Crippen LogP contribution in [0.5, 0.6) is 0 Å². The van der Waals surface area contributed by atoms with E-state index in [0.29, 0.717) is 6.54 Å². The van der Waals surface area contributed by atoms with E-state index in [1.54, 1.807) is 11.1 Å². The molecule has 162 valence electrons. The number of pyridine rings is 1. The fourth-order valence-corrected chi connectivity index (χ4v) is 5.15. The highest BCUT2D eigenvalue weighted by molar-refractivity contribution is 6.02. The lowest BCUT2D eigenvalue weighted by atomic mass is 9.65. The van der Waals surface area contributed by atoms with Gasteiger partial charge in [0, 0.05) is 29.1 Å². The van der Waals surface area contributed by atoms with Gasteiger partial charge in [0.15, 0.2) is 0 Å². The summed E-state index contributed by atoms with van der Waals surface area (Å²) in [5.74, 6) is 0. The van der Waals surface area contributed by atoms with Crippen LogP contribution in [0, 0.1) is 5.41 Å². The number of fused-ring (bicyclic) bond motifs is 1. The molecule has 2 amide bonds. The van der Waals surface area contributed by atoms with Gasteiger partial charge in [0.1, 0.15) is 0 Å². The zero-order valence-corrected chi connectivity index (χ0v) is 18.7. The van der Waals surface area contributed by atoms with Gasteiger partial charge in [-0.05, 0) is 50.8 Å². The van der Waals surface area contributed by atoms with Gasteiger partial charge in [0.25, 0.3) is 0 Å². The monoisotopic (exact) mass is 416 g/mol. The van der Waals surface area contributed by atoms with Crippen LogP contribution in [-0.4, -0.2) is 36.6 Å². The van der Waals surface area contributed by atoms with Crippen molar-refractivity contribution in [2.24, 2.45) is 11.1 Å². The standard InChI is InChI=1S/C26H32N4O/c1-25(13-15-26(16-14-25,29(2)3)21-10-5-4-6-11-21)19-30(24(27)31)23-18-28-17-20-9-7-8-12-22(20)23/h4-12,17-18H,13-16,19H2,1-3H3,(H2,27,31). The maximum atomic E-state index is 12.5. The molecule has 2 N–H and O–H groups in total. The number of nitrogens with zero attached hydrogens (tertiary/aromatic N) is 3. The van der Waals surface area contributed by atoms with E-state index in [2.05, 4.69) is 61.2 Å². The third-order valence-electron chi connectivity index (χ3n) is 7.20. The third kappa shape index (κ3) is 4.02. The van der Waals surface area contributed by atoms with Crippen molar-refractivity contribution in [3.8, 4) is 0 Å². The Labute approximate surface area is 184 Å². The van der Waals surface area contributed by atoms with Gasteiger partial charge in [-0.2, -0.15) is 0 Å². The van der Waals surface area contributed by atoms with E-state index < -0.39 is 6.03 Å². The number of carbonyl (C=O) groups excluding carboxylic acids is 1. The first-order valence-electron chi connectivity index (χ1n) is 11.0. The molecule has 1 aliphatic carbocycles. The summed E-state index contributed by atoms with van der Waals surface area (Å²) in [4.78, 5) is 21.0. The molecule has 0 unspecified atom stereocenters. The Morgan fingerprint density at radius 3 is 2.26 bits per heavy atom. The topological polar surface area (TPSA) is 62.5 Å². The SMILES string of the molecule is CN(C)C1(c2ccccc2)CCC(C)(CN(C(N)=O)c2cncc3ccccc23)CC1. The summed E-state index contributed by atoms with van der Waals surface area (Å²) >= 11 is 0. The average molecular weight is 417 g/mol. The Kier molecular flexibility index (Phi) is 5.71. The highest BCUT2D eigenvalue weighted by Crippen LogP contribution is 2.48. The summed E-state index contributed by atoms with van der Waals surface area (Å²) in [7, 11) is 4.35. The van der Waals surface area contributed by atoms with Crippen LogP contribution in [0.2, 0.25) is 0 Å². The predicted octanol–water partition coefficient (Wildman–Crippen LogP) is 5.16. The van der Waals surface area contributed by atoms with Gasteiger partial charge >= 0.3 is 6.03 Å². The first kappa shape index (κ1) is 21.3. The number of benzene rings is 2. The fourth-order valence-electron chi connectivity index (χ4n) is 5.15. The van der Waals surface area contributed by atoms with Crippen LogP contribution in [0.15, 0.2) is 67.0 Å². The van der Waals surface area contributed by atoms with Crippen molar-refractivity contribution < 1.29 is 4.79 Å². The second-order valence-electron chi connectivity index (χ2n) is 9.41. The molecule has 0 bridgehead atoms. The summed E-state index contributed by atoms with van der Waals surface area (Å²) in [6, 6.07) is 18.4. The Hall–Kier alpha value is -2.92. The van der Waals surface area contributed by atoms with E-state index in [4.69, 9.17) is 5.73 Å². The van der Waals surface area contributed by atoms with Gasteiger partial charge in [-0.25, -0.2) is 4.79 Å². The molecule has 2 aromatic carbocycles. The lowest BCUT2D eigenvalue weighted by Gasteiger charge is -2.50. The molecule has 1 saturated carbocycles. The fraction of sp³-hybridized carbons (Fsp3) is 0.385. The lowest BCUT2D eigenvalue weighted by Crippen LogP contribution is -2.50. The smallest absolute Gasteiger partial charge is 0.319 e. The van der Waals surface area contributed by atoms with E-state index >= 15 is 0 Å². The molecule has 1 aromatic heterocycles. The molecule has 0 saturated heterocycles. The third-order valence-corrected chi connectivity index (χ3v) is 7.20. The van der Waals surface area contributed by atoms with Crippen molar-refractivity contribution in [1.29, 1.82) is 0 Å². The summed E-state index contributed by atoms with van der Waals surface area (Å²) in [5.41, 5.74) is 8.05. The number of nitrogens with two attached hydrogens (primary N) is 1. The van der Waals surface area contributed by atoms with Crippen molar-refractivity contribution >= 4 is 22.5 Å². The molecule has 1 heterocycles. The predicted molar refractivity (Wildman–Crippen MR) is 127 cm³/mol. The number of amides is 2. The summed E-state index contributed by atoms with van der Waals surface area (Å²) in [5, 5.41) is 2.01. The highest BCUT2D eigenvalue weighted by atomic mass is 16.2. The van der Waals surface area contributed by atoms with E-state index in [0.717, 1.165) is 42.1 Å². The minimum atomic E-state index is -0.424. The normalized spacial score (nSPS) is 23.7. The molecule has 31 heavy (non-hydrogen) atoms. The maximum absolute atomic E-state index is 12.5. The van der Waals surface area contributed by atoms with Crippen molar-refractivity contribution in [2.45, 2.75) is 38.1 Å². The van der Waals surface area contributed by atoms with Crippen molar-refractivity contribution in [3.63, 3.8) is 0 Å². The summed E-state index contributed by atoms with van der Waals surface area (Å²) < 4.78 is 0.